The first-order valence-electron chi connectivity index (χ1n) is 6.22. The highest BCUT2D eigenvalue weighted by atomic mass is 35.5. The lowest BCUT2D eigenvalue weighted by atomic mass is 10.0. The molecule has 0 fully saturated rings. The SMILES string of the molecule is O=C(O)CCCc1ccc(-c2cccc(Cl)c2)cc1. The molecule has 0 aliphatic carbocycles. The minimum absolute atomic E-state index is 0.218. The Morgan fingerprint density at radius 3 is 2.42 bits per heavy atom. The molecular weight excluding hydrogens is 260 g/mol. The van der Waals surface area contributed by atoms with Crippen LogP contribution in [-0.2, 0) is 11.2 Å². The van der Waals surface area contributed by atoms with Crippen molar-refractivity contribution in [3.8, 4) is 11.1 Å². The highest BCUT2D eigenvalue weighted by Crippen LogP contribution is 2.23. The van der Waals surface area contributed by atoms with Crippen molar-refractivity contribution >= 4 is 17.6 Å². The molecule has 0 amide bonds. The van der Waals surface area contributed by atoms with Gasteiger partial charge in [-0.2, -0.15) is 0 Å². The van der Waals surface area contributed by atoms with Crippen LogP contribution in [0.4, 0.5) is 0 Å². The molecule has 2 aromatic rings. The van der Waals surface area contributed by atoms with Gasteiger partial charge in [-0.3, -0.25) is 4.79 Å². The summed E-state index contributed by atoms with van der Waals surface area (Å²) < 4.78 is 0. The molecule has 1 N–H and O–H groups in total. The Morgan fingerprint density at radius 2 is 1.79 bits per heavy atom. The van der Waals surface area contributed by atoms with Gasteiger partial charge in [0.2, 0.25) is 0 Å². The number of carbonyl (C=O) groups is 1. The van der Waals surface area contributed by atoms with E-state index in [0.717, 1.165) is 28.1 Å². The Bertz CT molecular complexity index is 561. The van der Waals surface area contributed by atoms with Crippen molar-refractivity contribution in [1.82, 2.24) is 0 Å². The largest absolute Gasteiger partial charge is 0.481 e. The summed E-state index contributed by atoms with van der Waals surface area (Å²) in [5, 5.41) is 9.32. The van der Waals surface area contributed by atoms with Crippen LogP contribution in [0.15, 0.2) is 48.5 Å². The molecule has 0 aromatic heterocycles. The molecule has 0 atom stereocenters. The second-order valence-corrected chi connectivity index (χ2v) is 4.89. The number of halogens is 1. The standard InChI is InChI=1S/C16H15ClO2/c17-15-5-2-4-14(11-15)13-9-7-12(8-10-13)3-1-6-16(18)19/h2,4-5,7-11H,1,3,6H2,(H,18,19). The maximum atomic E-state index is 10.4. The van der Waals surface area contributed by atoms with Crippen LogP contribution in [0.1, 0.15) is 18.4 Å². The van der Waals surface area contributed by atoms with Crippen LogP contribution in [0, 0.1) is 0 Å². The van der Waals surface area contributed by atoms with Crippen molar-refractivity contribution in [3.05, 3.63) is 59.1 Å². The third-order valence-corrected chi connectivity index (χ3v) is 3.20. The molecule has 0 spiro atoms. The molecule has 0 heterocycles. The fourth-order valence-electron chi connectivity index (χ4n) is 1.98. The zero-order valence-electron chi connectivity index (χ0n) is 10.5. The van der Waals surface area contributed by atoms with E-state index in [1.165, 1.54) is 0 Å². The van der Waals surface area contributed by atoms with Gasteiger partial charge < -0.3 is 5.11 Å². The van der Waals surface area contributed by atoms with Gasteiger partial charge in [0.1, 0.15) is 0 Å². The fraction of sp³-hybridized carbons (Fsp3) is 0.188. The highest BCUT2D eigenvalue weighted by Gasteiger charge is 2.01. The smallest absolute Gasteiger partial charge is 0.303 e. The summed E-state index contributed by atoms with van der Waals surface area (Å²) in [6, 6.07) is 15.9. The Morgan fingerprint density at radius 1 is 1.05 bits per heavy atom. The summed E-state index contributed by atoms with van der Waals surface area (Å²) in [4.78, 5) is 10.4. The van der Waals surface area contributed by atoms with Gasteiger partial charge in [-0.25, -0.2) is 0 Å². The maximum Gasteiger partial charge on any atom is 0.303 e. The number of hydrogen-bond acceptors (Lipinski definition) is 1. The van der Waals surface area contributed by atoms with E-state index in [-0.39, 0.29) is 6.42 Å². The topological polar surface area (TPSA) is 37.3 Å². The van der Waals surface area contributed by atoms with Gasteiger partial charge in [0, 0.05) is 11.4 Å². The van der Waals surface area contributed by atoms with Crippen molar-refractivity contribution in [1.29, 1.82) is 0 Å². The molecule has 0 aliphatic heterocycles. The number of aliphatic carboxylic acids is 1. The lowest BCUT2D eigenvalue weighted by Crippen LogP contribution is -1.95. The van der Waals surface area contributed by atoms with Crippen LogP contribution in [0.2, 0.25) is 5.02 Å². The first-order valence-corrected chi connectivity index (χ1v) is 6.59. The van der Waals surface area contributed by atoms with Crippen LogP contribution in [0.5, 0.6) is 0 Å². The lowest BCUT2D eigenvalue weighted by molar-refractivity contribution is -0.137. The van der Waals surface area contributed by atoms with Gasteiger partial charge in [0.25, 0.3) is 0 Å². The summed E-state index contributed by atoms with van der Waals surface area (Å²) in [7, 11) is 0. The Kier molecular flexibility index (Phi) is 4.58. The quantitative estimate of drug-likeness (QED) is 0.877. The van der Waals surface area contributed by atoms with E-state index in [2.05, 4.69) is 0 Å². The number of carboxylic acid groups (broad SMARTS) is 1. The molecule has 0 unspecified atom stereocenters. The predicted octanol–water partition coefficient (Wildman–Crippen LogP) is 4.41. The second kappa shape index (κ2) is 6.39. The molecule has 0 saturated heterocycles. The normalized spacial score (nSPS) is 10.4. The molecule has 19 heavy (non-hydrogen) atoms. The molecule has 3 heteroatoms. The third-order valence-electron chi connectivity index (χ3n) is 2.97. The van der Waals surface area contributed by atoms with Gasteiger partial charge in [-0.05, 0) is 41.7 Å². The Balaban J connectivity index is 2.04. The van der Waals surface area contributed by atoms with Gasteiger partial charge in [-0.1, -0.05) is 48.0 Å². The zero-order chi connectivity index (χ0) is 13.7. The van der Waals surface area contributed by atoms with Crippen molar-refractivity contribution in [3.63, 3.8) is 0 Å². The molecule has 2 aromatic carbocycles. The zero-order valence-corrected chi connectivity index (χ0v) is 11.2. The number of carboxylic acids is 1. The van der Waals surface area contributed by atoms with E-state index in [0.29, 0.717) is 6.42 Å². The number of aryl methyl sites for hydroxylation is 1. The number of rotatable bonds is 5. The summed E-state index contributed by atoms with van der Waals surface area (Å²) >= 11 is 5.97. The molecule has 0 saturated carbocycles. The van der Waals surface area contributed by atoms with E-state index < -0.39 is 5.97 Å². The molecule has 0 bridgehead atoms. The average molecular weight is 275 g/mol. The molecule has 98 valence electrons. The van der Waals surface area contributed by atoms with Gasteiger partial charge >= 0.3 is 5.97 Å². The van der Waals surface area contributed by atoms with E-state index in [1.807, 2.05) is 48.5 Å². The van der Waals surface area contributed by atoms with Gasteiger partial charge in [-0.15, -0.1) is 0 Å². The number of benzene rings is 2. The summed E-state index contributed by atoms with van der Waals surface area (Å²) in [5.41, 5.74) is 3.36. The Hall–Kier alpha value is -1.80. The highest BCUT2D eigenvalue weighted by molar-refractivity contribution is 6.30. The maximum absolute atomic E-state index is 10.4. The van der Waals surface area contributed by atoms with Gasteiger partial charge in [0.15, 0.2) is 0 Å². The van der Waals surface area contributed by atoms with Crippen LogP contribution in [0.3, 0.4) is 0 Å². The second-order valence-electron chi connectivity index (χ2n) is 4.45. The monoisotopic (exact) mass is 274 g/mol. The summed E-state index contributed by atoms with van der Waals surface area (Å²) in [6.45, 7) is 0. The van der Waals surface area contributed by atoms with Crippen LogP contribution in [0.25, 0.3) is 11.1 Å². The molecular formula is C16H15ClO2. The Labute approximate surface area is 117 Å². The predicted molar refractivity (Wildman–Crippen MR) is 77.5 cm³/mol. The van der Waals surface area contributed by atoms with Crippen LogP contribution >= 0.6 is 11.6 Å². The van der Waals surface area contributed by atoms with Crippen LogP contribution < -0.4 is 0 Å². The molecule has 0 aliphatic rings. The van der Waals surface area contributed by atoms with E-state index in [1.54, 1.807) is 0 Å². The van der Waals surface area contributed by atoms with Crippen LogP contribution in [-0.4, -0.2) is 11.1 Å². The van der Waals surface area contributed by atoms with Crippen molar-refractivity contribution in [2.24, 2.45) is 0 Å². The molecule has 0 radical (unpaired) electrons. The van der Waals surface area contributed by atoms with Crippen molar-refractivity contribution < 1.29 is 9.90 Å². The summed E-state index contributed by atoms with van der Waals surface area (Å²) in [5.74, 6) is -0.740. The average Bonchev–Trinajstić information content (AvgIpc) is 2.39. The minimum atomic E-state index is -0.740. The number of hydrogen-bond donors (Lipinski definition) is 1. The van der Waals surface area contributed by atoms with E-state index in [9.17, 15) is 4.79 Å². The van der Waals surface area contributed by atoms with Gasteiger partial charge in [0.05, 0.1) is 0 Å². The molecule has 2 nitrogen and oxygen atoms in total. The van der Waals surface area contributed by atoms with E-state index in [4.69, 9.17) is 16.7 Å². The first kappa shape index (κ1) is 13.6. The fourth-order valence-corrected chi connectivity index (χ4v) is 2.17. The summed E-state index contributed by atoms with van der Waals surface area (Å²) in [6.07, 6.45) is 1.68. The first-order chi connectivity index (χ1) is 9.15. The third kappa shape index (κ3) is 4.11. The van der Waals surface area contributed by atoms with Crippen molar-refractivity contribution in [2.75, 3.05) is 0 Å². The molecule has 2 rings (SSSR count). The van der Waals surface area contributed by atoms with E-state index >= 15 is 0 Å². The minimum Gasteiger partial charge on any atom is -0.481 e. The van der Waals surface area contributed by atoms with Crippen molar-refractivity contribution in [2.45, 2.75) is 19.3 Å². The lowest BCUT2D eigenvalue weighted by Gasteiger charge is -2.04.